The molecule has 1 aromatic heterocycles. The molecular formula is C21H23F4N5O2. The SMILES string of the molecule is CCOCC=Cc1ccc(C(F)(F)C(CN2CN=NN2)(OC)c2ccc(F)cc2F)nc1. The number of rotatable bonds is 10. The molecule has 0 radical (unpaired) electrons. The fourth-order valence-corrected chi connectivity index (χ4v) is 3.33. The van der Waals surface area contributed by atoms with E-state index in [4.69, 9.17) is 9.47 Å². The predicted octanol–water partition coefficient (Wildman–Crippen LogP) is 4.19. The summed E-state index contributed by atoms with van der Waals surface area (Å²) < 4.78 is 70.7. The van der Waals surface area contributed by atoms with Gasteiger partial charge in [0.25, 0.3) is 0 Å². The number of nitrogens with zero attached hydrogens (tertiary/aromatic N) is 4. The Morgan fingerprint density at radius 2 is 2.03 bits per heavy atom. The fraction of sp³-hybridized carbons (Fsp3) is 0.381. The summed E-state index contributed by atoms with van der Waals surface area (Å²) in [5.41, 5.74) is -0.693. The summed E-state index contributed by atoms with van der Waals surface area (Å²) in [6.07, 6.45) is 4.69. The highest BCUT2D eigenvalue weighted by molar-refractivity contribution is 5.48. The molecule has 3 rings (SSSR count). The Bertz CT molecular complexity index is 963. The van der Waals surface area contributed by atoms with E-state index in [2.05, 4.69) is 20.9 Å². The Hall–Kier alpha value is -2.89. The number of hydrogen-bond acceptors (Lipinski definition) is 7. The number of pyridine rings is 1. The van der Waals surface area contributed by atoms with Gasteiger partial charge in [0, 0.05) is 31.5 Å². The minimum absolute atomic E-state index is 0.0546. The third kappa shape index (κ3) is 4.79. The van der Waals surface area contributed by atoms with Gasteiger partial charge in [-0.1, -0.05) is 23.4 Å². The Labute approximate surface area is 182 Å². The van der Waals surface area contributed by atoms with Crippen molar-refractivity contribution in [2.45, 2.75) is 18.4 Å². The third-order valence-corrected chi connectivity index (χ3v) is 4.96. The van der Waals surface area contributed by atoms with Crippen LogP contribution in [0.4, 0.5) is 17.6 Å². The lowest BCUT2D eigenvalue weighted by Crippen LogP contribution is -2.55. The molecule has 11 heteroatoms. The van der Waals surface area contributed by atoms with Crippen LogP contribution >= 0.6 is 0 Å². The van der Waals surface area contributed by atoms with Crippen LogP contribution < -0.4 is 5.53 Å². The molecule has 1 atom stereocenters. The van der Waals surface area contributed by atoms with Gasteiger partial charge in [0.2, 0.25) is 0 Å². The second-order valence-corrected chi connectivity index (χ2v) is 6.95. The van der Waals surface area contributed by atoms with Crippen LogP contribution in [0.1, 0.15) is 23.7 Å². The first-order valence-electron chi connectivity index (χ1n) is 9.80. The minimum atomic E-state index is -3.82. The zero-order chi connectivity index (χ0) is 23.2. The molecule has 2 heterocycles. The normalized spacial score (nSPS) is 16.4. The molecule has 1 aromatic carbocycles. The van der Waals surface area contributed by atoms with E-state index < -0.39 is 41.0 Å². The molecule has 1 aliphatic rings. The van der Waals surface area contributed by atoms with Crippen LogP contribution in [-0.4, -0.2) is 43.5 Å². The summed E-state index contributed by atoms with van der Waals surface area (Å²) in [5, 5.41) is 8.44. The fourth-order valence-electron chi connectivity index (χ4n) is 3.33. The Balaban J connectivity index is 2.01. The van der Waals surface area contributed by atoms with Crippen molar-refractivity contribution in [2.75, 3.05) is 33.5 Å². The molecule has 32 heavy (non-hydrogen) atoms. The number of benzene rings is 1. The van der Waals surface area contributed by atoms with Gasteiger partial charge in [-0.2, -0.15) is 18.9 Å². The van der Waals surface area contributed by atoms with Gasteiger partial charge in [-0.3, -0.25) is 4.98 Å². The molecule has 0 aliphatic carbocycles. The van der Waals surface area contributed by atoms with Crippen molar-refractivity contribution >= 4 is 6.08 Å². The van der Waals surface area contributed by atoms with Crippen molar-refractivity contribution in [1.29, 1.82) is 0 Å². The van der Waals surface area contributed by atoms with E-state index in [0.29, 0.717) is 24.8 Å². The van der Waals surface area contributed by atoms with Gasteiger partial charge in [0.1, 0.15) is 24.0 Å². The number of hydrogen-bond donors (Lipinski definition) is 1. The molecule has 2 aromatic rings. The number of ether oxygens (including phenoxy) is 2. The van der Waals surface area contributed by atoms with Crippen LogP contribution in [0.15, 0.2) is 52.9 Å². The molecule has 7 nitrogen and oxygen atoms in total. The number of nitrogens with one attached hydrogen (secondary N) is 1. The summed E-state index contributed by atoms with van der Waals surface area (Å²) in [7, 11) is 1.03. The second kappa shape index (κ2) is 10.2. The van der Waals surface area contributed by atoms with Gasteiger partial charge in [0.05, 0.1) is 13.2 Å². The summed E-state index contributed by atoms with van der Waals surface area (Å²) in [6.45, 7) is 2.19. The topological polar surface area (TPSA) is 71.3 Å². The maximum Gasteiger partial charge on any atom is 0.323 e. The van der Waals surface area contributed by atoms with Crippen molar-refractivity contribution in [2.24, 2.45) is 10.3 Å². The molecule has 1 N–H and O–H groups in total. The first kappa shape index (κ1) is 23.8. The van der Waals surface area contributed by atoms with E-state index in [9.17, 15) is 8.78 Å². The lowest BCUT2D eigenvalue weighted by Gasteiger charge is -2.41. The van der Waals surface area contributed by atoms with Crippen LogP contribution in [0, 0.1) is 11.6 Å². The molecule has 172 valence electrons. The van der Waals surface area contributed by atoms with Gasteiger partial charge in [-0.05, 0) is 30.7 Å². The van der Waals surface area contributed by atoms with E-state index >= 15 is 8.78 Å². The molecule has 0 spiro atoms. The quantitative estimate of drug-likeness (QED) is 0.432. The largest absolute Gasteiger partial charge is 0.378 e. The maximum atomic E-state index is 16.0. The van der Waals surface area contributed by atoms with Crippen molar-refractivity contribution in [3.63, 3.8) is 0 Å². The lowest BCUT2D eigenvalue weighted by molar-refractivity contribution is -0.225. The molecule has 0 bridgehead atoms. The van der Waals surface area contributed by atoms with Crippen LogP contribution in [0.2, 0.25) is 0 Å². The smallest absolute Gasteiger partial charge is 0.323 e. The van der Waals surface area contributed by atoms with Crippen LogP contribution in [0.3, 0.4) is 0 Å². The van der Waals surface area contributed by atoms with Crippen LogP contribution in [0.25, 0.3) is 6.08 Å². The highest BCUT2D eigenvalue weighted by atomic mass is 19.3. The van der Waals surface area contributed by atoms with E-state index in [1.807, 2.05) is 6.92 Å². The molecule has 0 fully saturated rings. The number of methoxy groups -OCH3 is 1. The van der Waals surface area contributed by atoms with Crippen LogP contribution in [-0.2, 0) is 21.0 Å². The number of alkyl halides is 2. The Morgan fingerprint density at radius 1 is 1.22 bits per heavy atom. The number of halogens is 4. The molecule has 0 saturated heterocycles. The lowest BCUT2D eigenvalue weighted by atomic mass is 9.84. The third-order valence-electron chi connectivity index (χ3n) is 4.96. The Morgan fingerprint density at radius 3 is 2.62 bits per heavy atom. The molecule has 0 saturated carbocycles. The maximum absolute atomic E-state index is 16.0. The monoisotopic (exact) mass is 453 g/mol. The van der Waals surface area contributed by atoms with Gasteiger partial charge >= 0.3 is 5.92 Å². The summed E-state index contributed by atoms with van der Waals surface area (Å²) in [5.74, 6) is -5.89. The summed E-state index contributed by atoms with van der Waals surface area (Å²) in [6, 6.07) is 4.97. The second-order valence-electron chi connectivity index (χ2n) is 6.95. The molecule has 0 amide bonds. The average Bonchev–Trinajstić information content (AvgIpc) is 3.29. The van der Waals surface area contributed by atoms with E-state index in [0.717, 1.165) is 25.3 Å². The van der Waals surface area contributed by atoms with Gasteiger partial charge in [-0.15, -0.1) is 0 Å². The molecule has 1 aliphatic heterocycles. The van der Waals surface area contributed by atoms with Crippen molar-refractivity contribution in [3.8, 4) is 0 Å². The van der Waals surface area contributed by atoms with E-state index in [1.165, 1.54) is 17.3 Å². The van der Waals surface area contributed by atoms with Gasteiger partial charge in [0.15, 0.2) is 5.60 Å². The van der Waals surface area contributed by atoms with E-state index in [1.54, 1.807) is 12.2 Å². The molecule has 1 unspecified atom stereocenters. The van der Waals surface area contributed by atoms with Crippen LogP contribution in [0.5, 0.6) is 0 Å². The Kier molecular flexibility index (Phi) is 7.54. The first-order valence-corrected chi connectivity index (χ1v) is 9.80. The standard InChI is InChI=1S/C21H23F4N5O2/c1-3-32-10-4-5-15-6-9-19(26-12-15)21(24,25)20(31-2,13-30-14-27-28-29-30)17-8-7-16(22)11-18(17)23/h4-9,11-12H,3,10,13-14H2,1-2H3,(H,27,29). The predicted molar refractivity (Wildman–Crippen MR) is 108 cm³/mol. The first-order chi connectivity index (χ1) is 15.3. The molecular weight excluding hydrogens is 430 g/mol. The number of hydrazine groups is 1. The zero-order valence-electron chi connectivity index (χ0n) is 17.6. The summed E-state index contributed by atoms with van der Waals surface area (Å²) in [4.78, 5) is 3.91. The zero-order valence-corrected chi connectivity index (χ0v) is 17.6. The average molecular weight is 453 g/mol. The van der Waals surface area contributed by atoms with Crippen molar-refractivity contribution in [3.05, 3.63) is 71.1 Å². The van der Waals surface area contributed by atoms with Crippen molar-refractivity contribution < 1.29 is 27.0 Å². The summed E-state index contributed by atoms with van der Waals surface area (Å²) >= 11 is 0. The van der Waals surface area contributed by atoms with Gasteiger partial charge in [-0.25, -0.2) is 14.3 Å². The van der Waals surface area contributed by atoms with Crippen molar-refractivity contribution in [1.82, 2.24) is 15.5 Å². The highest BCUT2D eigenvalue weighted by Gasteiger charge is 2.60. The number of aromatic nitrogens is 1. The van der Waals surface area contributed by atoms with E-state index in [-0.39, 0.29) is 6.67 Å². The van der Waals surface area contributed by atoms with Gasteiger partial charge < -0.3 is 9.47 Å². The highest BCUT2D eigenvalue weighted by Crippen LogP contribution is 2.48. The minimum Gasteiger partial charge on any atom is -0.378 e.